The van der Waals surface area contributed by atoms with Crippen molar-refractivity contribution in [3.63, 3.8) is 0 Å². The smallest absolute Gasteiger partial charge is 0.246 e. The van der Waals surface area contributed by atoms with Crippen LogP contribution in [0.3, 0.4) is 0 Å². The third-order valence-corrected chi connectivity index (χ3v) is 4.06. The topological polar surface area (TPSA) is 58.6 Å². The molecule has 0 aromatic carbocycles. The van der Waals surface area contributed by atoms with E-state index < -0.39 is 12.1 Å². The van der Waals surface area contributed by atoms with E-state index >= 15 is 0 Å². The lowest BCUT2D eigenvalue weighted by atomic mass is 9.90. The fourth-order valence-electron chi connectivity index (χ4n) is 3.04. The van der Waals surface area contributed by atoms with Crippen molar-refractivity contribution in [1.29, 1.82) is 0 Å². The molecule has 5 heteroatoms. The van der Waals surface area contributed by atoms with E-state index in [0.29, 0.717) is 6.61 Å². The second kappa shape index (κ2) is 7.78. The molecule has 122 valence electrons. The predicted octanol–water partition coefficient (Wildman–Crippen LogP) is 1.81. The maximum absolute atomic E-state index is 12.9. The second-order valence-electron chi connectivity index (χ2n) is 6.56. The molecule has 3 unspecified atom stereocenters. The number of hydrogen-bond acceptors (Lipinski definition) is 3. The van der Waals surface area contributed by atoms with Gasteiger partial charge in [-0.25, -0.2) is 0 Å². The third-order valence-electron chi connectivity index (χ3n) is 4.06. The Hall–Kier alpha value is -1.10. The summed E-state index contributed by atoms with van der Waals surface area (Å²) in [6.07, 6.45) is 1.80. The molecule has 0 saturated carbocycles. The number of methoxy groups -OCH3 is 1. The van der Waals surface area contributed by atoms with Crippen molar-refractivity contribution in [3.05, 3.63) is 0 Å². The van der Waals surface area contributed by atoms with Gasteiger partial charge in [0.2, 0.25) is 11.8 Å². The van der Waals surface area contributed by atoms with Crippen LogP contribution >= 0.6 is 0 Å². The molecule has 2 amide bonds. The van der Waals surface area contributed by atoms with Gasteiger partial charge in [-0.3, -0.25) is 9.59 Å². The van der Waals surface area contributed by atoms with Crippen LogP contribution in [0.25, 0.3) is 0 Å². The molecule has 0 aromatic heterocycles. The largest absolute Gasteiger partial charge is 0.383 e. The maximum atomic E-state index is 12.9. The Morgan fingerprint density at radius 3 is 2.24 bits per heavy atom. The highest BCUT2D eigenvalue weighted by Crippen LogP contribution is 2.25. The summed E-state index contributed by atoms with van der Waals surface area (Å²) in [5, 5.41) is 2.90. The molecule has 1 rings (SSSR count). The highest BCUT2D eigenvalue weighted by molar-refractivity contribution is 5.97. The van der Waals surface area contributed by atoms with Crippen molar-refractivity contribution in [2.24, 2.45) is 11.8 Å². The number of rotatable bonds is 7. The zero-order valence-electron chi connectivity index (χ0n) is 14.2. The Morgan fingerprint density at radius 1 is 1.19 bits per heavy atom. The van der Waals surface area contributed by atoms with Gasteiger partial charge in [0.15, 0.2) is 0 Å². The number of hydrogen-bond donors (Lipinski definition) is 1. The van der Waals surface area contributed by atoms with Crippen LogP contribution in [0.1, 0.15) is 47.5 Å². The Kier molecular flexibility index (Phi) is 6.65. The van der Waals surface area contributed by atoms with Crippen LogP contribution < -0.4 is 5.32 Å². The molecule has 1 aliphatic heterocycles. The molecule has 0 radical (unpaired) electrons. The zero-order chi connectivity index (χ0) is 16.2. The van der Waals surface area contributed by atoms with E-state index in [1.165, 1.54) is 0 Å². The van der Waals surface area contributed by atoms with Crippen LogP contribution in [0.2, 0.25) is 0 Å². The molecule has 5 nitrogen and oxygen atoms in total. The zero-order valence-corrected chi connectivity index (χ0v) is 14.2. The van der Waals surface area contributed by atoms with E-state index in [2.05, 4.69) is 12.2 Å². The van der Waals surface area contributed by atoms with Gasteiger partial charge in [0.25, 0.3) is 0 Å². The van der Waals surface area contributed by atoms with Gasteiger partial charge in [-0.2, -0.15) is 0 Å². The lowest BCUT2D eigenvalue weighted by molar-refractivity contribution is -0.157. The van der Waals surface area contributed by atoms with Crippen molar-refractivity contribution >= 4 is 11.8 Å². The summed E-state index contributed by atoms with van der Waals surface area (Å²) in [6.45, 7) is 10.4. The number of carbonyl (C=O) groups excluding carboxylic acids is 2. The molecule has 0 aliphatic carbocycles. The lowest BCUT2D eigenvalue weighted by Gasteiger charge is -2.45. The monoisotopic (exact) mass is 298 g/mol. The average molecular weight is 298 g/mol. The van der Waals surface area contributed by atoms with E-state index in [1.807, 2.05) is 27.7 Å². The normalized spacial score (nSPS) is 24.7. The van der Waals surface area contributed by atoms with Crippen molar-refractivity contribution < 1.29 is 14.3 Å². The molecule has 1 aliphatic rings. The minimum Gasteiger partial charge on any atom is -0.383 e. The summed E-state index contributed by atoms with van der Waals surface area (Å²) in [5.41, 5.74) is 0. The minimum atomic E-state index is -0.427. The van der Waals surface area contributed by atoms with E-state index in [1.54, 1.807) is 12.0 Å². The first-order valence-electron chi connectivity index (χ1n) is 7.96. The van der Waals surface area contributed by atoms with Crippen LogP contribution in [0, 0.1) is 11.8 Å². The number of ether oxygens (including phenoxy) is 1. The summed E-state index contributed by atoms with van der Waals surface area (Å²) >= 11 is 0. The van der Waals surface area contributed by atoms with Crippen LogP contribution in [0.4, 0.5) is 0 Å². The maximum Gasteiger partial charge on any atom is 0.246 e. The molecule has 3 atom stereocenters. The van der Waals surface area contributed by atoms with Gasteiger partial charge in [-0.05, 0) is 18.3 Å². The third kappa shape index (κ3) is 3.96. The first-order chi connectivity index (χ1) is 9.84. The van der Waals surface area contributed by atoms with Crippen LogP contribution in [-0.4, -0.2) is 48.6 Å². The van der Waals surface area contributed by atoms with Crippen molar-refractivity contribution in [2.75, 3.05) is 13.7 Å². The Morgan fingerprint density at radius 2 is 1.81 bits per heavy atom. The summed E-state index contributed by atoms with van der Waals surface area (Å²) in [6, 6.07) is -0.866. The standard InChI is InChI=1S/C16H30N2O3/c1-7-8-12(9-21-6)18-14(11(4)5)15(19)17-13(10(2)3)16(18)20/h10-14H,7-9H2,1-6H3,(H,17,19). The molecule has 0 bridgehead atoms. The fraction of sp³-hybridized carbons (Fsp3) is 0.875. The minimum absolute atomic E-state index is 0.0267. The van der Waals surface area contributed by atoms with Crippen molar-refractivity contribution in [2.45, 2.75) is 65.6 Å². The number of nitrogens with one attached hydrogen (secondary N) is 1. The van der Waals surface area contributed by atoms with Crippen molar-refractivity contribution in [3.8, 4) is 0 Å². The number of amides is 2. The van der Waals surface area contributed by atoms with Gasteiger partial charge in [-0.1, -0.05) is 41.0 Å². The number of carbonyl (C=O) groups is 2. The molecule has 0 aromatic rings. The molecule has 1 N–H and O–H groups in total. The van der Waals surface area contributed by atoms with Gasteiger partial charge in [-0.15, -0.1) is 0 Å². The van der Waals surface area contributed by atoms with Gasteiger partial charge in [0.1, 0.15) is 12.1 Å². The molecule has 0 spiro atoms. The summed E-state index contributed by atoms with van der Waals surface area (Å²) < 4.78 is 5.29. The van der Waals surface area contributed by atoms with Gasteiger partial charge in [0.05, 0.1) is 12.6 Å². The Labute approximate surface area is 128 Å². The SMILES string of the molecule is CCCC(COC)N1C(=O)C(C(C)C)NC(=O)C1C(C)C. The lowest BCUT2D eigenvalue weighted by Crippen LogP contribution is -2.68. The van der Waals surface area contributed by atoms with E-state index in [0.717, 1.165) is 12.8 Å². The molecule has 1 saturated heterocycles. The highest BCUT2D eigenvalue weighted by atomic mass is 16.5. The molecular formula is C16H30N2O3. The Balaban J connectivity index is 3.14. The van der Waals surface area contributed by atoms with Crippen LogP contribution in [0.5, 0.6) is 0 Å². The number of piperazine rings is 1. The van der Waals surface area contributed by atoms with Crippen LogP contribution in [0.15, 0.2) is 0 Å². The number of nitrogens with zero attached hydrogens (tertiary/aromatic N) is 1. The quantitative estimate of drug-likeness (QED) is 0.780. The van der Waals surface area contributed by atoms with Crippen molar-refractivity contribution in [1.82, 2.24) is 10.2 Å². The average Bonchev–Trinajstić information content (AvgIpc) is 2.39. The molecular weight excluding hydrogens is 268 g/mol. The van der Waals surface area contributed by atoms with E-state index in [9.17, 15) is 9.59 Å². The predicted molar refractivity (Wildman–Crippen MR) is 82.8 cm³/mol. The van der Waals surface area contributed by atoms with E-state index in [4.69, 9.17) is 4.74 Å². The first kappa shape index (κ1) is 18.0. The second-order valence-corrected chi connectivity index (χ2v) is 6.56. The fourth-order valence-corrected chi connectivity index (χ4v) is 3.04. The van der Waals surface area contributed by atoms with Gasteiger partial charge >= 0.3 is 0 Å². The summed E-state index contributed by atoms with van der Waals surface area (Å²) in [5.74, 6) is 0.152. The van der Waals surface area contributed by atoms with E-state index in [-0.39, 0.29) is 29.7 Å². The van der Waals surface area contributed by atoms with Crippen LogP contribution in [-0.2, 0) is 14.3 Å². The van der Waals surface area contributed by atoms with Gasteiger partial charge < -0.3 is 15.0 Å². The first-order valence-corrected chi connectivity index (χ1v) is 7.96. The highest BCUT2D eigenvalue weighted by Gasteiger charge is 2.45. The van der Waals surface area contributed by atoms with Gasteiger partial charge in [0, 0.05) is 7.11 Å². The summed E-state index contributed by atoms with van der Waals surface area (Å²) in [7, 11) is 1.64. The Bertz CT molecular complexity index is 363. The molecule has 1 fully saturated rings. The molecule has 21 heavy (non-hydrogen) atoms. The summed E-state index contributed by atoms with van der Waals surface area (Å²) in [4.78, 5) is 27.1. The molecule has 1 heterocycles.